The summed E-state index contributed by atoms with van der Waals surface area (Å²) in [4.78, 5) is 67.1. The van der Waals surface area contributed by atoms with Crippen molar-refractivity contribution in [2.24, 2.45) is 0 Å². The molecule has 0 spiro atoms. The lowest BCUT2D eigenvalue weighted by Crippen LogP contribution is -2.40. The number of aromatic amines is 1. The second-order valence-corrected chi connectivity index (χ2v) is 19.2. The highest BCUT2D eigenvalue weighted by atomic mass is 16.5. The van der Waals surface area contributed by atoms with E-state index in [-0.39, 0.29) is 23.7 Å². The summed E-state index contributed by atoms with van der Waals surface area (Å²) in [5.74, 6) is 1.91. The number of fused-ring (bicyclic) bond motifs is 4. The smallest absolute Gasteiger partial charge is 0.253 e. The first-order chi connectivity index (χ1) is 33.4. The molecule has 4 saturated heterocycles. The number of piperidine rings is 3. The Bertz CT molecular complexity index is 3170. The van der Waals surface area contributed by atoms with Gasteiger partial charge in [0, 0.05) is 85.5 Å². The highest BCUT2D eigenvalue weighted by Crippen LogP contribution is 2.38. The van der Waals surface area contributed by atoms with Gasteiger partial charge in [0.05, 0.1) is 64.9 Å². The Morgan fingerprint density at radius 3 is 2.16 bits per heavy atom. The minimum Gasteiger partial charge on any atom is -0.461 e. The molecule has 15 nitrogen and oxygen atoms in total. The molecule has 8 aromatic rings. The molecule has 4 aliphatic rings. The first kappa shape index (κ1) is 42.5. The fourth-order valence-corrected chi connectivity index (χ4v) is 11.3. The number of likely N-dealkylation sites (tertiary alicyclic amines) is 3. The number of hydrogen-bond acceptors (Lipinski definition) is 12. The third-order valence-electron chi connectivity index (χ3n) is 15.3. The molecule has 0 bridgehead atoms. The molecule has 0 aliphatic carbocycles. The number of amides is 2. The normalized spacial score (nSPS) is 20.3. The quantitative estimate of drug-likeness (QED) is 0.157. The van der Waals surface area contributed by atoms with Crippen LogP contribution in [0.2, 0.25) is 0 Å². The number of H-pyrrole nitrogens is 1. The Hall–Kier alpha value is -6.84. The summed E-state index contributed by atoms with van der Waals surface area (Å²) >= 11 is 0. The fraction of sp³-hybridized carbons (Fsp3) is 0.396. The van der Waals surface area contributed by atoms with E-state index in [2.05, 4.69) is 62.1 Å². The number of benzene rings is 3. The molecule has 9 heterocycles. The predicted molar refractivity (Wildman–Crippen MR) is 260 cm³/mol. The van der Waals surface area contributed by atoms with Gasteiger partial charge in [0.15, 0.2) is 0 Å². The van der Waals surface area contributed by atoms with Crippen LogP contribution in [0.1, 0.15) is 99.7 Å². The Labute approximate surface area is 393 Å². The molecule has 4 fully saturated rings. The molecule has 0 saturated carbocycles. The van der Waals surface area contributed by atoms with Crippen molar-refractivity contribution in [3.8, 4) is 0 Å². The van der Waals surface area contributed by atoms with E-state index in [0.29, 0.717) is 49.3 Å². The van der Waals surface area contributed by atoms with Crippen molar-refractivity contribution in [1.82, 2.24) is 49.6 Å². The maximum Gasteiger partial charge on any atom is 0.253 e. The number of pyridine rings is 1. The van der Waals surface area contributed by atoms with E-state index >= 15 is 0 Å². The van der Waals surface area contributed by atoms with E-state index in [0.717, 1.165) is 145 Å². The van der Waals surface area contributed by atoms with Crippen LogP contribution < -0.4 is 4.90 Å². The van der Waals surface area contributed by atoms with Crippen molar-refractivity contribution in [3.63, 3.8) is 0 Å². The monoisotopic (exact) mass is 909 g/mol. The Morgan fingerprint density at radius 1 is 0.662 bits per heavy atom. The van der Waals surface area contributed by atoms with Gasteiger partial charge in [-0.15, -0.1) is 0 Å². The van der Waals surface area contributed by atoms with E-state index in [4.69, 9.17) is 29.1 Å². The van der Waals surface area contributed by atoms with Crippen molar-refractivity contribution in [1.29, 1.82) is 0 Å². The minimum absolute atomic E-state index is 0.0501. The van der Waals surface area contributed by atoms with Crippen LogP contribution in [0.25, 0.3) is 43.9 Å². The number of anilines is 1. The van der Waals surface area contributed by atoms with Gasteiger partial charge in [0.1, 0.15) is 29.5 Å². The van der Waals surface area contributed by atoms with E-state index in [9.17, 15) is 9.59 Å². The van der Waals surface area contributed by atoms with E-state index < -0.39 is 0 Å². The average molecular weight is 910 g/mol. The number of aromatic nitrogens is 7. The third-order valence-corrected chi connectivity index (χ3v) is 15.3. The zero-order valence-corrected chi connectivity index (χ0v) is 38.4. The second kappa shape index (κ2) is 18.0. The number of ether oxygens (including phenoxy) is 1. The topological polar surface area (TPSA) is 163 Å². The molecular formula is C53H55N11O4. The summed E-state index contributed by atoms with van der Waals surface area (Å²) in [6.45, 7) is 6.82. The number of likely N-dealkylation sites (N-methyl/N-ethyl adjacent to an activating group) is 1. The van der Waals surface area contributed by atoms with E-state index in [1.807, 2.05) is 52.4 Å². The van der Waals surface area contributed by atoms with Crippen LogP contribution in [0.4, 0.5) is 5.69 Å². The molecule has 2 unspecified atom stereocenters. The molecule has 346 valence electrons. The molecular weight excluding hydrogens is 855 g/mol. The molecule has 3 aromatic carbocycles. The predicted octanol–water partition coefficient (Wildman–Crippen LogP) is 7.89. The molecule has 4 aliphatic heterocycles. The number of hydrogen-bond donors (Lipinski definition) is 1. The fourth-order valence-electron chi connectivity index (χ4n) is 11.3. The molecule has 68 heavy (non-hydrogen) atoms. The lowest BCUT2D eigenvalue weighted by Gasteiger charge is -2.37. The number of morpholine rings is 1. The lowest BCUT2D eigenvalue weighted by molar-refractivity contribution is 0.0705. The molecule has 0 radical (unpaired) electrons. The average Bonchev–Trinajstić information content (AvgIpc) is 4.05. The van der Waals surface area contributed by atoms with Crippen LogP contribution >= 0.6 is 0 Å². The van der Waals surface area contributed by atoms with Gasteiger partial charge in [-0.1, -0.05) is 12.1 Å². The SMILES string of the molecule is CN1CCC(c2ccc3c(C4CCN(C(=O)c5ccc6nc[nH]c6c5)CC4)ncnc3c2)CC1Cc1cc2cc(C(=O)N3CCC(c4ncnc5cc(N6CCOCC6)cnc45)CC3)ccc2o1. The van der Waals surface area contributed by atoms with Crippen LogP contribution in [-0.4, -0.2) is 134 Å². The lowest BCUT2D eigenvalue weighted by atomic mass is 9.83. The summed E-state index contributed by atoms with van der Waals surface area (Å²) in [5, 5.41) is 2.06. The molecule has 5 aromatic heterocycles. The third kappa shape index (κ3) is 8.21. The van der Waals surface area contributed by atoms with E-state index in [1.165, 1.54) is 5.56 Å². The number of carbonyl (C=O) groups is 2. The van der Waals surface area contributed by atoms with Crippen molar-refractivity contribution < 1.29 is 18.7 Å². The Balaban J connectivity index is 0.672. The molecule has 2 atom stereocenters. The standard InChI is InChI=1S/C53H55N11O4/c1-61-13-8-36(35-2-5-43-45(25-35)56-31-59-49(43)33-9-14-64(15-10-33)53(66)38-3-6-44-46(26-38)57-30-55-44)23-40(61)27-42-24-39-22-37(4-7-48(39)68-42)52(65)63-16-11-34(12-17-63)50-51-47(58-32-60-50)28-41(29-54-51)62-18-20-67-21-19-62/h2-7,22,24-26,28-34,36,40H,8-21,23,27H2,1H3,(H,55,57). The van der Waals surface area contributed by atoms with Gasteiger partial charge < -0.3 is 33.7 Å². The summed E-state index contributed by atoms with van der Waals surface area (Å²) in [6, 6.07) is 22.8. The van der Waals surface area contributed by atoms with Crippen LogP contribution in [0.15, 0.2) is 96.3 Å². The first-order valence-electron chi connectivity index (χ1n) is 24.3. The molecule has 1 N–H and O–H groups in total. The van der Waals surface area contributed by atoms with Gasteiger partial charge in [-0.05, 0) is 118 Å². The summed E-state index contributed by atoms with van der Waals surface area (Å²) in [6.07, 6.45) is 13.2. The van der Waals surface area contributed by atoms with Crippen molar-refractivity contribution in [2.75, 3.05) is 71.0 Å². The summed E-state index contributed by atoms with van der Waals surface area (Å²) in [5.41, 5.74) is 11.0. The summed E-state index contributed by atoms with van der Waals surface area (Å²) < 4.78 is 12.0. The van der Waals surface area contributed by atoms with Crippen LogP contribution in [-0.2, 0) is 11.2 Å². The Morgan fingerprint density at radius 2 is 1.37 bits per heavy atom. The summed E-state index contributed by atoms with van der Waals surface area (Å²) in [7, 11) is 2.21. The number of carbonyl (C=O) groups excluding carboxylic acids is 2. The molecule has 2 amide bonds. The number of nitrogens with one attached hydrogen (secondary N) is 1. The largest absolute Gasteiger partial charge is 0.461 e. The zero-order chi connectivity index (χ0) is 45.7. The number of imidazole rings is 1. The maximum absolute atomic E-state index is 13.9. The van der Waals surface area contributed by atoms with Crippen molar-refractivity contribution in [3.05, 3.63) is 126 Å². The first-order valence-corrected chi connectivity index (χ1v) is 24.3. The number of rotatable bonds is 8. The van der Waals surface area contributed by atoms with Gasteiger partial charge in [-0.25, -0.2) is 24.9 Å². The molecule has 15 heteroatoms. The highest BCUT2D eigenvalue weighted by Gasteiger charge is 2.32. The maximum atomic E-state index is 13.9. The van der Waals surface area contributed by atoms with Gasteiger partial charge in [-0.2, -0.15) is 0 Å². The van der Waals surface area contributed by atoms with Gasteiger partial charge >= 0.3 is 0 Å². The number of nitrogens with zero attached hydrogens (tertiary/aromatic N) is 10. The molecule has 12 rings (SSSR count). The van der Waals surface area contributed by atoms with Crippen LogP contribution in [0.3, 0.4) is 0 Å². The minimum atomic E-state index is 0.0501. The Kier molecular flexibility index (Phi) is 11.3. The van der Waals surface area contributed by atoms with Crippen molar-refractivity contribution in [2.45, 2.75) is 68.7 Å². The van der Waals surface area contributed by atoms with E-state index in [1.54, 1.807) is 19.0 Å². The van der Waals surface area contributed by atoms with Gasteiger partial charge in [-0.3, -0.25) is 14.6 Å². The van der Waals surface area contributed by atoms with Crippen LogP contribution in [0.5, 0.6) is 0 Å². The second-order valence-electron chi connectivity index (χ2n) is 19.2. The zero-order valence-electron chi connectivity index (χ0n) is 38.4. The van der Waals surface area contributed by atoms with Crippen molar-refractivity contribution >= 4 is 61.4 Å². The highest BCUT2D eigenvalue weighted by molar-refractivity contribution is 5.98. The van der Waals surface area contributed by atoms with Gasteiger partial charge in [0.2, 0.25) is 0 Å². The number of furan rings is 1. The van der Waals surface area contributed by atoms with Crippen LogP contribution in [0, 0.1) is 0 Å². The van der Waals surface area contributed by atoms with Gasteiger partial charge in [0.25, 0.3) is 11.8 Å².